The molecule has 2 bridgehead atoms. The quantitative estimate of drug-likeness (QED) is 0.844. The largest absolute Gasteiger partial charge is 0.502 e. The minimum absolute atomic E-state index is 0.0694. The van der Waals surface area contributed by atoms with Crippen LogP contribution in [0.3, 0.4) is 0 Å². The molecule has 150 valence electrons. The zero-order valence-electron chi connectivity index (χ0n) is 17.4. The average molecular weight is 382 g/mol. The monoisotopic (exact) mass is 381 g/mol. The lowest BCUT2D eigenvalue weighted by atomic mass is 9.59. The van der Waals surface area contributed by atoms with Crippen LogP contribution in [0.2, 0.25) is 0 Å². The number of ether oxygens (including phenoxy) is 2. The number of aromatic hydroxyl groups is 1. The number of benzene rings is 2. The van der Waals surface area contributed by atoms with Gasteiger partial charge in [-0.05, 0) is 66.0 Å². The summed E-state index contributed by atoms with van der Waals surface area (Å²) in [4.78, 5) is 2.66. The molecule has 28 heavy (non-hydrogen) atoms. The third-order valence-corrected chi connectivity index (χ3v) is 7.26. The normalized spacial score (nSPS) is 26.6. The molecule has 4 nitrogen and oxygen atoms in total. The average Bonchev–Trinajstić information content (AvgIpc) is 2.71. The van der Waals surface area contributed by atoms with Crippen LogP contribution in [0.1, 0.15) is 37.0 Å². The maximum Gasteiger partial charge on any atom is 0.200 e. The fourth-order valence-electron chi connectivity index (χ4n) is 5.32. The molecule has 1 aliphatic carbocycles. The van der Waals surface area contributed by atoms with Crippen LogP contribution in [0.4, 0.5) is 0 Å². The van der Waals surface area contributed by atoms with E-state index in [4.69, 9.17) is 9.47 Å². The minimum Gasteiger partial charge on any atom is -0.502 e. The fraction of sp³-hybridized carbons (Fsp3) is 0.500. The van der Waals surface area contributed by atoms with Crippen LogP contribution >= 0.6 is 0 Å². The van der Waals surface area contributed by atoms with Crippen molar-refractivity contribution in [3.63, 3.8) is 0 Å². The number of methoxy groups -OCH3 is 2. The Morgan fingerprint density at radius 1 is 1.14 bits per heavy atom. The van der Waals surface area contributed by atoms with Gasteiger partial charge in [-0.25, -0.2) is 0 Å². The van der Waals surface area contributed by atoms with Gasteiger partial charge in [-0.2, -0.15) is 0 Å². The lowest BCUT2D eigenvalue weighted by Gasteiger charge is -2.54. The molecule has 2 aromatic carbocycles. The molecule has 0 radical (unpaired) electrons. The van der Waals surface area contributed by atoms with Crippen molar-refractivity contribution >= 4 is 0 Å². The van der Waals surface area contributed by atoms with E-state index in [9.17, 15) is 5.11 Å². The standard InChI is InChI=1S/C24H31NO3/c1-16-20-15-18-7-5-6-8-19(18)24(16,2)10-12-25(20)11-9-17-13-21(27-3)23(26)22(14-17)28-4/h5-8,13-14,16,20,26H,9-12,15H2,1-4H3/t16-,20?,24+/m0/s1. The summed E-state index contributed by atoms with van der Waals surface area (Å²) in [5, 5.41) is 10.1. The van der Waals surface area contributed by atoms with E-state index in [1.54, 1.807) is 19.8 Å². The molecule has 1 unspecified atom stereocenters. The van der Waals surface area contributed by atoms with E-state index < -0.39 is 0 Å². The fourth-order valence-corrected chi connectivity index (χ4v) is 5.32. The van der Waals surface area contributed by atoms with Crippen molar-refractivity contribution in [1.29, 1.82) is 0 Å². The summed E-state index contributed by atoms with van der Waals surface area (Å²) in [6.07, 6.45) is 3.24. The van der Waals surface area contributed by atoms with E-state index >= 15 is 0 Å². The van der Waals surface area contributed by atoms with Crippen LogP contribution in [-0.4, -0.2) is 43.4 Å². The summed E-state index contributed by atoms with van der Waals surface area (Å²) in [6.45, 7) is 7.02. The third kappa shape index (κ3) is 3.04. The van der Waals surface area contributed by atoms with Crippen LogP contribution in [-0.2, 0) is 18.3 Å². The number of hydrogen-bond donors (Lipinski definition) is 1. The Morgan fingerprint density at radius 3 is 2.50 bits per heavy atom. The van der Waals surface area contributed by atoms with E-state index in [1.165, 1.54) is 12.0 Å². The lowest BCUT2D eigenvalue weighted by Crippen LogP contribution is -2.58. The van der Waals surface area contributed by atoms with Crippen molar-refractivity contribution < 1.29 is 14.6 Å². The summed E-state index contributed by atoms with van der Waals surface area (Å²) >= 11 is 0. The van der Waals surface area contributed by atoms with Gasteiger partial charge in [0.1, 0.15) is 0 Å². The first kappa shape index (κ1) is 19.1. The molecular weight excluding hydrogens is 350 g/mol. The van der Waals surface area contributed by atoms with E-state index in [0.717, 1.165) is 31.5 Å². The summed E-state index contributed by atoms with van der Waals surface area (Å²) in [5.74, 6) is 1.65. The topological polar surface area (TPSA) is 41.9 Å². The summed E-state index contributed by atoms with van der Waals surface area (Å²) in [5.41, 5.74) is 4.49. The molecule has 1 heterocycles. The molecule has 4 heteroatoms. The highest BCUT2D eigenvalue weighted by molar-refractivity contribution is 5.52. The highest BCUT2D eigenvalue weighted by Gasteiger charge is 2.47. The van der Waals surface area contributed by atoms with Crippen LogP contribution in [0.5, 0.6) is 17.2 Å². The number of rotatable bonds is 5. The number of hydrogen-bond acceptors (Lipinski definition) is 4. The minimum atomic E-state index is 0.0694. The zero-order chi connectivity index (χ0) is 19.9. The Balaban J connectivity index is 1.54. The van der Waals surface area contributed by atoms with Gasteiger partial charge < -0.3 is 14.6 Å². The molecular formula is C24H31NO3. The van der Waals surface area contributed by atoms with Gasteiger partial charge in [0.15, 0.2) is 11.5 Å². The third-order valence-electron chi connectivity index (χ3n) is 7.26. The molecule has 2 aliphatic rings. The molecule has 0 amide bonds. The maximum atomic E-state index is 10.1. The molecule has 1 fully saturated rings. The summed E-state index contributed by atoms with van der Waals surface area (Å²) in [7, 11) is 3.15. The number of phenolic OH excluding ortho intramolecular Hbond substituents is 1. The SMILES string of the molecule is COc1cc(CCN2CC[C@@]3(C)c4ccccc4CC2[C@@H]3C)cc(OC)c1O. The van der Waals surface area contributed by atoms with Crippen molar-refractivity contribution in [2.45, 2.75) is 44.6 Å². The highest BCUT2D eigenvalue weighted by Crippen LogP contribution is 2.48. The van der Waals surface area contributed by atoms with Crippen molar-refractivity contribution in [1.82, 2.24) is 4.90 Å². The van der Waals surface area contributed by atoms with Crippen molar-refractivity contribution in [2.75, 3.05) is 27.3 Å². The molecule has 0 saturated carbocycles. The lowest BCUT2D eigenvalue weighted by molar-refractivity contribution is 0.0323. The molecule has 1 N–H and O–H groups in total. The molecule has 4 rings (SSSR count). The van der Waals surface area contributed by atoms with E-state index in [0.29, 0.717) is 23.5 Å². The van der Waals surface area contributed by atoms with Crippen molar-refractivity contribution in [3.05, 3.63) is 53.1 Å². The summed E-state index contributed by atoms with van der Waals surface area (Å²) < 4.78 is 10.6. The molecule has 1 aliphatic heterocycles. The molecule has 2 aromatic rings. The molecule has 1 saturated heterocycles. The Bertz CT molecular complexity index is 840. The van der Waals surface area contributed by atoms with E-state index in [1.807, 2.05) is 12.1 Å². The Kier molecular flexibility index (Phi) is 5.00. The van der Waals surface area contributed by atoms with Gasteiger partial charge in [0.2, 0.25) is 5.75 Å². The van der Waals surface area contributed by atoms with Gasteiger partial charge in [0.25, 0.3) is 0 Å². The molecule has 0 aromatic heterocycles. The predicted octanol–water partition coefficient (Wildman–Crippen LogP) is 4.18. The second-order valence-corrected chi connectivity index (χ2v) is 8.52. The van der Waals surface area contributed by atoms with E-state index in [2.05, 4.69) is 43.0 Å². The zero-order valence-corrected chi connectivity index (χ0v) is 17.4. The Labute approximate surface area is 168 Å². The second kappa shape index (κ2) is 7.32. The first-order chi connectivity index (χ1) is 13.5. The molecule has 0 spiro atoms. The summed E-state index contributed by atoms with van der Waals surface area (Å²) in [6, 6.07) is 13.4. The molecule has 3 atom stereocenters. The number of nitrogens with zero attached hydrogens (tertiary/aromatic N) is 1. The van der Waals surface area contributed by atoms with Crippen LogP contribution in [0.15, 0.2) is 36.4 Å². The smallest absolute Gasteiger partial charge is 0.200 e. The highest BCUT2D eigenvalue weighted by atomic mass is 16.5. The number of phenols is 1. The van der Waals surface area contributed by atoms with Crippen LogP contribution in [0.25, 0.3) is 0 Å². The van der Waals surface area contributed by atoms with Crippen LogP contribution < -0.4 is 9.47 Å². The first-order valence-electron chi connectivity index (χ1n) is 10.2. The van der Waals surface area contributed by atoms with E-state index in [-0.39, 0.29) is 11.2 Å². The van der Waals surface area contributed by atoms with Gasteiger partial charge in [-0.1, -0.05) is 38.1 Å². The predicted molar refractivity (Wildman–Crippen MR) is 112 cm³/mol. The van der Waals surface area contributed by atoms with Gasteiger partial charge >= 0.3 is 0 Å². The van der Waals surface area contributed by atoms with Crippen molar-refractivity contribution in [2.24, 2.45) is 5.92 Å². The second-order valence-electron chi connectivity index (χ2n) is 8.52. The maximum absolute atomic E-state index is 10.1. The Morgan fingerprint density at radius 2 is 1.82 bits per heavy atom. The van der Waals surface area contributed by atoms with Crippen LogP contribution in [0, 0.1) is 5.92 Å². The first-order valence-corrected chi connectivity index (χ1v) is 10.2. The van der Waals surface area contributed by atoms with Gasteiger partial charge in [0, 0.05) is 12.6 Å². The van der Waals surface area contributed by atoms with Crippen molar-refractivity contribution in [3.8, 4) is 17.2 Å². The Hall–Kier alpha value is -2.20. The van der Waals surface area contributed by atoms with Gasteiger partial charge in [0.05, 0.1) is 14.2 Å². The number of likely N-dealkylation sites (tertiary alicyclic amines) is 1. The van der Waals surface area contributed by atoms with Gasteiger partial charge in [-0.15, -0.1) is 0 Å². The van der Waals surface area contributed by atoms with Gasteiger partial charge in [-0.3, -0.25) is 4.90 Å². The number of piperidine rings is 1. The number of fused-ring (bicyclic) bond motifs is 4.